The SMILES string of the molecule is C=CCOCCCOCCCOCCOCCOCCOCCOCCOCCOCCOCCOCC(COCCOCCOCCOCCOCCOCCOCCOCCOCCCOCCCOCC=C)OCCOCCOCCOCCOCCOCCOCCOCCOCCCOCCCOCC=C. The van der Waals surface area contributed by atoms with E-state index in [1.807, 2.05) is 0 Å². The highest BCUT2D eigenvalue weighted by molar-refractivity contribution is 4.65. The molecule has 0 spiro atoms. The van der Waals surface area contributed by atoms with Crippen molar-refractivity contribution in [2.75, 3.05) is 429 Å². The predicted molar refractivity (Wildman–Crippen MR) is 414 cm³/mol. The maximum atomic E-state index is 6.08. The van der Waals surface area contributed by atoms with E-state index < -0.39 is 0 Å². The van der Waals surface area contributed by atoms with Crippen molar-refractivity contribution in [3.8, 4) is 0 Å². The first-order valence-electron chi connectivity index (χ1n) is 40.3. The van der Waals surface area contributed by atoms with Crippen LogP contribution in [0, 0.1) is 0 Å². The fourth-order valence-electron chi connectivity index (χ4n) is 8.39. The average Bonchev–Trinajstić information content (AvgIpc) is 1.18. The Kier molecular flexibility index (Phi) is 104. The average molecular weight is 1620 g/mol. The molecule has 0 aliphatic carbocycles. The summed E-state index contributed by atoms with van der Waals surface area (Å²) >= 11 is 0. The van der Waals surface area contributed by atoms with Crippen molar-refractivity contribution in [3.05, 3.63) is 38.0 Å². The van der Waals surface area contributed by atoms with Gasteiger partial charge in [-0.15, -0.1) is 19.7 Å². The van der Waals surface area contributed by atoms with Gasteiger partial charge in [-0.1, -0.05) is 18.2 Å². The van der Waals surface area contributed by atoms with Gasteiger partial charge in [0.15, 0.2) is 0 Å². The maximum absolute atomic E-state index is 6.08. The summed E-state index contributed by atoms with van der Waals surface area (Å²) in [5.74, 6) is 0. The Morgan fingerprint density at radius 2 is 0.234 bits per heavy atom. The van der Waals surface area contributed by atoms with Crippen LogP contribution in [-0.2, 0) is 156 Å². The lowest BCUT2D eigenvalue weighted by Gasteiger charge is -2.18. The standard InChI is InChI=1S/C78H152O33/c1-4-13-79-16-7-19-82-22-10-25-85-28-31-88-34-37-91-40-43-94-46-49-97-52-54-100-58-60-103-64-66-106-70-72-109-76-78(111-75-74-108-69-68-105-63-62-102-57-56-99-51-48-96-45-42-93-39-36-90-33-30-87-27-12-24-84-21-9-18-81-15-6-3)77-110-73-71-107-67-65-104-61-59-101-55-53-98-50-47-95-44-41-92-38-35-89-32-29-86-26-11-23-83-20-8-17-80-14-5-2/h4-6,78H,1-3,7-77H2. The van der Waals surface area contributed by atoms with Crippen LogP contribution in [0.25, 0.3) is 0 Å². The highest BCUT2D eigenvalue weighted by atomic mass is 16.6. The van der Waals surface area contributed by atoms with Crippen LogP contribution in [0.1, 0.15) is 38.5 Å². The molecule has 0 amide bonds. The maximum Gasteiger partial charge on any atom is 0.104 e. The molecule has 0 aromatic carbocycles. The van der Waals surface area contributed by atoms with Gasteiger partial charge >= 0.3 is 0 Å². The molecule has 0 saturated carbocycles. The lowest BCUT2D eigenvalue weighted by Crippen LogP contribution is -2.29. The summed E-state index contributed by atoms with van der Waals surface area (Å²) in [6, 6.07) is 0. The Morgan fingerprint density at radius 1 is 0.126 bits per heavy atom. The quantitative estimate of drug-likeness (QED) is 0.0583. The highest BCUT2D eigenvalue weighted by Crippen LogP contribution is 2.00. The van der Waals surface area contributed by atoms with E-state index in [2.05, 4.69) is 19.7 Å². The van der Waals surface area contributed by atoms with Gasteiger partial charge in [-0.25, -0.2) is 0 Å². The van der Waals surface area contributed by atoms with Crippen molar-refractivity contribution in [1.82, 2.24) is 0 Å². The van der Waals surface area contributed by atoms with Crippen LogP contribution in [0.5, 0.6) is 0 Å². The smallest absolute Gasteiger partial charge is 0.104 e. The van der Waals surface area contributed by atoms with Gasteiger partial charge in [-0.2, -0.15) is 0 Å². The largest absolute Gasteiger partial charge is 0.381 e. The third-order valence-electron chi connectivity index (χ3n) is 13.9. The van der Waals surface area contributed by atoms with E-state index in [1.165, 1.54) is 0 Å². The fraction of sp³-hybridized carbons (Fsp3) is 0.923. The van der Waals surface area contributed by atoms with Crippen molar-refractivity contribution in [1.29, 1.82) is 0 Å². The van der Waals surface area contributed by atoms with Crippen LogP contribution in [0.4, 0.5) is 0 Å². The lowest BCUT2D eigenvalue weighted by atomic mass is 10.4. The first kappa shape index (κ1) is 109. The van der Waals surface area contributed by atoms with Gasteiger partial charge in [0.1, 0.15) is 6.10 Å². The second-order valence-electron chi connectivity index (χ2n) is 23.4. The third-order valence-corrected chi connectivity index (χ3v) is 13.9. The second-order valence-corrected chi connectivity index (χ2v) is 23.4. The van der Waals surface area contributed by atoms with Crippen LogP contribution in [0.3, 0.4) is 0 Å². The lowest BCUT2D eigenvalue weighted by molar-refractivity contribution is -0.0876. The van der Waals surface area contributed by atoms with Crippen LogP contribution in [0.15, 0.2) is 38.0 Å². The van der Waals surface area contributed by atoms with Gasteiger partial charge in [0.05, 0.1) is 350 Å². The zero-order valence-corrected chi connectivity index (χ0v) is 68.1. The molecule has 0 N–H and O–H groups in total. The van der Waals surface area contributed by atoms with Crippen molar-refractivity contribution < 1.29 is 156 Å². The monoisotopic (exact) mass is 1620 g/mol. The first-order valence-corrected chi connectivity index (χ1v) is 40.3. The van der Waals surface area contributed by atoms with Crippen molar-refractivity contribution in [2.24, 2.45) is 0 Å². The van der Waals surface area contributed by atoms with E-state index in [1.54, 1.807) is 18.2 Å². The number of rotatable bonds is 107. The van der Waals surface area contributed by atoms with E-state index >= 15 is 0 Å². The molecule has 33 nitrogen and oxygen atoms in total. The zero-order chi connectivity index (χ0) is 79.2. The molecule has 0 aliphatic heterocycles. The minimum Gasteiger partial charge on any atom is -0.381 e. The molecule has 0 unspecified atom stereocenters. The van der Waals surface area contributed by atoms with E-state index in [-0.39, 0.29) is 6.10 Å². The van der Waals surface area contributed by atoms with Gasteiger partial charge < -0.3 is 156 Å². The van der Waals surface area contributed by atoms with Crippen molar-refractivity contribution in [3.63, 3.8) is 0 Å². The second kappa shape index (κ2) is 106. The molecule has 0 heterocycles. The Balaban J connectivity index is 4.03. The summed E-state index contributed by atoms with van der Waals surface area (Å²) in [6.07, 6.45) is 10.1. The molecular weight excluding hydrogens is 1460 g/mol. The summed E-state index contributed by atoms with van der Waals surface area (Å²) < 4.78 is 185. The topological polar surface area (TPSA) is 305 Å². The molecule has 0 aromatic rings. The molecule has 0 saturated heterocycles. The van der Waals surface area contributed by atoms with Crippen molar-refractivity contribution >= 4 is 0 Å². The molecule has 0 aromatic heterocycles. The van der Waals surface area contributed by atoms with Crippen LogP contribution >= 0.6 is 0 Å². The summed E-state index contributed by atoms with van der Waals surface area (Å²) in [4.78, 5) is 0. The Bertz CT molecular complexity index is 1600. The Hall–Kier alpha value is -2.10. The normalized spacial score (nSPS) is 11.8. The minimum atomic E-state index is -0.333. The Labute approximate surface area is 666 Å². The van der Waals surface area contributed by atoms with E-state index in [0.29, 0.717) is 429 Å². The molecule has 0 aliphatic rings. The summed E-state index contributed by atoms with van der Waals surface area (Å²) in [6.45, 7) is 43.5. The summed E-state index contributed by atoms with van der Waals surface area (Å²) in [5, 5.41) is 0. The summed E-state index contributed by atoms with van der Waals surface area (Å²) in [5.41, 5.74) is 0. The Morgan fingerprint density at radius 3 is 0.378 bits per heavy atom. The molecule has 0 atom stereocenters. The molecule has 662 valence electrons. The molecule has 0 radical (unpaired) electrons. The highest BCUT2D eigenvalue weighted by Gasteiger charge is 2.11. The first-order chi connectivity index (χ1) is 55.3. The van der Waals surface area contributed by atoms with Crippen LogP contribution in [0.2, 0.25) is 0 Å². The molecule has 111 heavy (non-hydrogen) atoms. The number of hydrogen-bond donors (Lipinski definition) is 0. The van der Waals surface area contributed by atoms with Gasteiger partial charge in [0, 0.05) is 79.3 Å². The van der Waals surface area contributed by atoms with Crippen molar-refractivity contribution in [2.45, 2.75) is 44.6 Å². The van der Waals surface area contributed by atoms with Gasteiger partial charge in [0.25, 0.3) is 0 Å². The zero-order valence-electron chi connectivity index (χ0n) is 68.1. The van der Waals surface area contributed by atoms with Crippen LogP contribution < -0.4 is 0 Å². The molecule has 0 fully saturated rings. The van der Waals surface area contributed by atoms with E-state index in [9.17, 15) is 0 Å². The van der Waals surface area contributed by atoms with Crippen LogP contribution in [-0.4, -0.2) is 436 Å². The van der Waals surface area contributed by atoms with Gasteiger partial charge in [-0.05, 0) is 38.5 Å². The summed E-state index contributed by atoms with van der Waals surface area (Å²) in [7, 11) is 0. The molecule has 0 bridgehead atoms. The molecule has 0 rings (SSSR count). The van der Waals surface area contributed by atoms with Gasteiger partial charge in [-0.3, -0.25) is 0 Å². The van der Waals surface area contributed by atoms with E-state index in [4.69, 9.17) is 156 Å². The number of hydrogen-bond acceptors (Lipinski definition) is 33. The van der Waals surface area contributed by atoms with Gasteiger partial charge in [0.2, 0.25) is 0 Å². The number of ether oxygens (including phenoxy) is 33. The van der Waals surface area contributed by atoms with E-state index in [0.717, 1.165) is 38.5 Å². The minimum absolute atomic E-state index is 0.307. The third kappa shape index (κ3) is 104. The molecule has 33 heteroatoms. The fourth-order valence-corrected chi connectivity index (χ4v) is 8.39. The molecular formula is C78H152O33. The predicted octanol–water partition coefficient (Wildman–Crippen LogP) is 4.80.